The summed E-state index contributed by atoms with van der Waals surface area (Å²) in [5.41, 5.74) is 0.550. The van der Waals surface area contributed by atoms with Gasteiger partial charge in [-0.3, -0.25) is 4.79 Å². The first-order valence-electron chi connectivity index (χ1n) is 8.14. The van der Waals surface area contributed by atoms with E-state index in [1.807, 2.05) is 30.3 Å². The molecule has 1 amide bonds. The Morgan fingerprint density at radius 3 is 2.70 bits per heavy atom. The maximum Gasteiger partial charge on any atom is 0.255 e. The van der Waals surface area contributed by atoms with Crippen molar-refractivity contribution in [1.29, 1.82) is 0 Å². The van der Waals surface area contributed by atoms with E-state index in [0.29, 0.717) is 17.9 Å². The summed E-state index contributed by atoms with van der Waals surface area (Å²) in [5, 5.41) is 5.14. The molecule has 2 aromatic rings. The third-order valence-electron chi connectivity index (χ3n) is 4.36. The van der Waals surface area contributed by atoms with Gasteiger partial charge in [-0.15, -0.1) is 11.3 Å². The van der Waals surface area contributed by atoms with Crippen molar-refractivity contribution in [3.05, 3.63) is 52.2 Å². The van der Waals surface area contributed by atoms with Crippen LogP contribution in [0.5, 0.6) is 5.75 Å². The summed E-state index contributed by atoms with van der Waals surface area (Å²) < 4.78 is 5.95. The molecule has 1 heterocycles. The first kappa shape index (κ1) is 16.1. The fourth-order valence-electron chi connectivity index (χ4n) is 2.57. The van der Waals surface area contributed by atoms with Gasteiger partial charge in [0.25, 0.3) is 5.91 Å². The van der Waals surface area contributed by atoms with Gasteiger partial charge in [0.15, 0.2) is 0 Å². The van der Waals surface area contributed by atoms with E-state index in [9.17, 15) is 4.79 Å². The number of carbonyl (C=O) groups is 1. The number of nitrogens with one attached hydrogen (secondary N) is 1. The van der Waals surface area contributed by atoms with Gasteiger partial charge in [0.05, 0.1) is 11.7 Å². The summed E-state index contributed by atoms with van der Waals surface area (Å²) in [6, 6.07) is 11.7. The minimum Gasteiger partial charge on any atom is -0.490 e. The van der Waals surface area contributed by atoms with Gasteiger partial charge in [-0.05, 0) is 42.8 Å². The van der Waals surface area contributed by atoms with Crippen LogP contribution in [0.15, 0.2) is 41.8 Å². The van der Waals surface area contributed by atoms with E-state index in [-0.39, 0.29) is 17.4 Å². The zero-order valence-corrected chi connectivity index (χ0v) is 14.5. The summed E-state index contributed by atoms with van der Waals surface area (Å²) in [5.74, 6) is 0.633. The molecule has 0 radical (unpaired) electrons. The van der Waals surface area contributed by atoms with Crippen LogP contribution < -0.4 is 10.1 Å². The molecule has 0 saturated heterocycles. The molecule has 1 N–H and O–H groups in total. The van der Waals surface area contributed by atoms with E-state index >= 15 is 0 Å². The van der Waals surface area contributed by atoms with Crippen molar-refractivity contribution >= 4 is 17.2 Å². The van der Waals surface area contributed by atoms with Crippen molar-refractivity contribution < 1.29 is 9.53 Å². The lowest BCUT2D eigenvalue weighted by atomic mass is 9.91. The molecule has 0 atom stereocenters. The summed E-state index contributed by atoms with van der Waals surface area (Å²) in [7, 11) is 0. The molecule has 3 nitrogen and oxygen atoms in total. The summed E-state index contributed by atoms with van der Waals surface area (Å²) in [6.45, 7) is 4.90. The third-order valence-corrected chi connectivity index (χ3v) is 5.59. The largest absolute Gasteiger partial charge is 0.490 e. The molecule has 0 spiro atoms. The van der Waals surface area contributed by atoms with Gasteiger partial charge >= 0.3 is 0 Å². The molecule has 1 aromatic carbocycles. The Morgan fingerprint density at radius 2 is 2.04 bits per heavy atom. The number of ether oxygens (including phenoxy) is 1. The fraction of sp³-hybridized carbons (Fsp3) is 0.421. The van der Waals surface area contributed by atoms with Gasteiger partial charge in [-0.1, -0.05) is 32.0 Å². The van der Waals surface area contributed by atoms with Gasteiger partial charge < -0.3 is 10.1 Å². The van der Waals surface area contributed by atoms with Crippen molar-refractivity contribution in [2.24, 2.45) is 0 Å². The Morgan fingerprint density at radius 1 is 1.26 bits per heavy atom. The van der Waals surface area contributed by atoms with Gasteiger partial charge in [-0.2, -0.15) is 0 Å². The standard InChI is InChI=1S/C19H23NO2S/c1-19(2,17-11-6-12-23-17)13-20-18(21)15-9-3-4-10-16(15)22-14-7-5-8-14/h3-4,6,9-12,14H,5,7-8,13H2,1-2H3,(H,20,21). The van der Waals surface area contributed by atoms with Crippen molar-refractivity contribution in [3.63, 3.8) is 0 Å². The lowest BCUT2D eigenvalue weighted by molar-refractivity contribution is 0.0921. The predicted molar refractivity (Wildman–Crippen MR) is 94.4 cm³/mol. The lowest BCUT2D eigenvalue weighted by Gasteiger charge is -2.28. The first-order chi connectivity index (χ1) is 11.1. The molecule has 122 valence electrons. The van der Waals surface area contributed by atoms with Crippen LogP contribution in [0.2, 0.25) is 0 Å². The maximum absolute atomic E-state index is 12.6. The highest BCUT2D eigenvalue weighted by atomic mass is 32.1. The normalized spacial score (nSPS) is 15.0. The topological polar surface area (TPSA) is 38.3 Å². The zero-order valence-electron chi connectivity index (χ0n) is 13.7. The van der Waals surface area contributed by atoms with Crippen LogP contribution in [0.4, 0.5) is 0 Å². The minimum absolute atomic E-state index is 0.0652. The number of benzene rings is 1. The first-order valence-corrected chi connectivity index (χ1v) is 9.02. The van der Waals surface area contributed by atoms with Gasteiger partial charge in [0.2, 0.25) is 0 Å². The van der Waals surface area contributed by atoms with Crippen molar-refractivity contribution in [1.82, 2.24) is 5.32 Å². The van der Waals surface area contributed by atoms with E-state index < -0.39 is 0 Å². The quantitative estimate of drug-likeness (QED) is 0.854. The molecule has 4 heteroatoms. The van der Waals surface area contributed by atoms with Crippen LogP contribution in [0, 0.1) is 0 Å². The second-order valence-electron chi connectivity index (χ2n) is 6.71. The Bertz CT molecular complexity index is 660. The van der Waals surface area contributed by atoms with E-state index in [1.165, 1.54) is 11.3 Å². The lowest BCUT2D eigenvalue weighted by Crippen LogP contribution is -2.36. The van der Waals surface area contributed by atoms with E-state index in [0.717, 1.165) is 12.8 Å². The second kappa shape index (κ2) is 6.75. The molecule has 3 rings (SSSR count). The number of hydrogen-bond donors (Lipinski definition) is 1. The predicted octanol–water partition coefficient (Wildman–Crippen LogP) is 4.39. The van der Waals surface area contributed by atoms with Crippen molar-refractivity contribution in [2.45, 2.75) is 44.6 Å². The summed E-state index contributed by atoms with van der Waals surface area (Å²) in [4.78, 5) is 13.9. The molecule has 0 unspecified atom stereocenters. The summed E-state index contributed by atoms with van der Waals surface area (Å²) >= 11 is 1.72. The monoisotopic (exact) mass is 329 g/mol. The highest BCUT2D eigenvalue weighted by Crippen LogP contribution is 2.29. The van der Waals surface area contributed by atoms with Crippen LogP contribution in [0.3, 0.4) is 0 Å². The highest BCUT2D eigenvalue weighted by molar-refractivity contribution is 7.10. The Kier molecular flexibility index (Phi) is 4.71. The molecule has 1 aliphatic rings. The van der Waals surface area contributed by atoms with Crippen molar-refractivity contribution in [2.75, 3.05) is 6.54 Å². The average Bonchev–Trinajstić information content (AvgIpc) is 3.04. The second-order valence-corrected chi connectivity index (χ2v) is 7.66. The minimum atomic E-state index is -0.0758. The number of para-hydroxylation sites is 1. The molecule has 1 saturated carbocycles. The average molecular weight is 329 g/mol. The van der Waals surface area contributed by atoms with Crippen LogP contribution in [-0.4, -0.2) is 18.6 Å². The van der Waals surface area contributed by atoms with E-state index in [2.05, 4.69) is 30.6 Å². The highest BCUT2D eigenvalue weighted by Gasteiger charge is 2.25. The SMILES string of the molecule is CC(C)(CNC(=O)c1ccccc1OC1CCC1)c1cccs1. The molecular formula is C19H23NO2S. The van der Waals surface area contributed by atoms with Crippen LogP contribution >= 0.6 is 11.3 Å². The molecule has 1 fully saturated rings. The fourth-order valence-corrected chi connectivity index (χ4v) is 3.42. The molecular weight excluding hydrogens is 306 g/mol. The van der Waals surface area contributed by atoms with Crippen LogP contribution in [-0.2, 0) is 5.41 Å². The molecule has 0 bridgehead atoms. The number of carbonyl (C=O) groups excluding carboxylic acids is 1. The maximum atomic E-state index is 12.6. The van der Waals surface area contributed by atoms with Crippen LogP contribution in [0.1, 0.15) is 48.3 Å². The Labute approximate surface area is 141 Å². The Balaban J connectivity index is 1.66. The van der Waals surface area contributed by atoms with Crippen LogP contribution in [0.25, 0.3) is 0 Å². The molecule has 1 aliphatic carbocycles. The molecule has 0 aliphatic heterocycles. The number of thiophene rings is 1. The van der Waals surface area contributed by atoms with Gasteiger partial charge in [0.1, 0.15) is 5.75 Å². The van der Waals surface area contributed by atoms with E-state index in [4.69, 9.17) is 4.74 Å². The molecule has 23 heavy (non-hydrogen) atoms. The Hall–Kier alpha value is -1.81. The molecule has 1 aromatic heterocycles. The van der Waals surface area contributed by atoms with Crippen molar-refractivity contribution in [3.8, 4) is 5.75 Å². The number of hydrogen-bond acceptors (Lipinski definition) is 3. The van der Waals surface area contributed by atoms with Gasteiger partial charge in [0, 0.05) is 16.8 Å². The van der Waals surface area contributed by atoms with E-state index in [1.54, 1.807) is 11.3 Å². The third kappa shape index (κ3) is 3.75. The van der Waals surface area contributed by atoms with Gasteiger partial charge in [-0.25, -0.2) is 0 Å². The zero-order chi connectivity index (χ0) is 16.3. The summed E-state index contributed by atoms with van der Waals surface area (Å²) in [6.07, 6.45) is 3.66. The smallest absolute Gasteiger partial charge is 0.255 e. The number of rotatable bonds is 6. The number of amides is 1.